The average molecular weight is 226 g/mol. The van der Waals surface area contributed by atoms with Gasteiger partial charge in [-0.25, -0.2) is 0 Å². The lowest BCUT2D eigenvalue weighted by atomic mass is 10.2. The third kappa shape index (κ3) is 4.24. The maximum Gasteiger partial charge on any atom is 0.253 e. The Hall–Kier alpha value is -1.66. The highest BCUT2D eigenvalue weighted by molar-refractivity contribution is 5.94. The van der Waals surface area contributed by atoms with Crippen LogP contribution in [0.3, 0.4) is 0 Å². The van der Waals surface area contributed by atoms with Crippen molar-refractivity contribution >= 4 is 5.91 Å². The Morgan fingerprint density at radius 2 is 2.25 bits per heavy atom. The zero-order chi connectivity index (χ0) is 11.8. The van der Waals surface area contributed by atoms with Gasteiger partial charge in [0.15, 0.2) is 0 Å². The number of ether oxygens (including phenoxy) is 1. The van der Waals surface area contributed by atoms with Gasteiger partial charge < -0.3 is 20.3 Å². The summed E-state index contributed by atoms with van der Waals surface area (Å²) in [6, 6.07) is 1.33. The number of aliphatic hydroxyl groups is 1. The number of pyridine rings is 1. The molecule has 0 unspecified atom stereocenters. The number of carbonyl (C=O) groups is 1. The minimum atomic E-state index is -0.323. The molecule has 0 aromatic carbocycles. The van der Waals surface area contributed by atoms with Crippen LogP contribution in [0.1, 0.15) is 10.4 Å². The standard InChI is InChI=1S/C10H14N2O4/c13-2-4-16-3-1-12-10(15)8-5-9(14)7-11-6-8/h5-7,13-14H,1-4H2,(H,12,15). The third-order valence-electron chi connectivity index (χ3n) is 1.75. The molecule has 0 bridgehead atoms. The fourth-order valence-electron chi connectivity index (χ4n) is 1.06. The van der Waals surface area contributed by atoms with Crippen LogP contribution in [0.25, 0.3) is 0 Å². The first kappa shape index (κ1) is 12.4. The fraction of sp³-hybridized carbons (Fsp3) is 0.400. The highest BCUT2D eigenvalue weighted by Gasteiger charge is 2.05. The van der Waals surface area contributed by atoms with Gasteiger partial charge >= 0.3 is 0 Å². The van der Waals surface area contributed by atoms with Crippen molar-refractivity contribution in [3.8, 4) is 5.75 Å². The summed E-state index contributed by atoms with van der Waals surface area (Å²) in [5, 5.41) is 20.1. The molecular weight excluding hydrogens is 212 g/mol. The van der Waals surface area contributed by atoms with Crippen molar-refractivity contribution in [1.82, 2.24) is 10.3 Å². The first-order chi connectivity index (χ1) is 7.74. The van der Waals surface area contributed by atoms with Gasteiger partial charge in [0, 0.05) is 12.7 Å². The van der Waals surface area contributed by atoms with E-state index in [2.05, 4.69) is 10.3 Å². The predicted molar refractivity (Wildman–Crippen MR) is 56.1 cm³/mol. The van der Waals surface area contributed by atoms with Gasteiger partial charge in [0.25, 0.3) is 5.91 Å². The monoisotopic (exact) mass is 226 g/mol. The third-order valence-corrected chi connectivity index (χ3v) is 1.75. The number of hydrogen-bond donors (Lipinski definition) is 3. The molecule has 1 aromatic rings. The summed E-state index contributed by atoms with van der Waals surface area (Å²) in [7, 11) is 0. The number of aliphatic hydroxyl groups excluding tert-OH is 1. The molecule has 16 heavy (non-hydrogen) atoms. The van der Waals surface area contributed by atoms with E-state index in [4.69, 9.17) is 14.9 Å². The van der Waals surface area contributed by atoms with Crippen LogP contribution < -0.4 is 5.32 Å². The van der Waals surface area contributed by atoms with Gasteiger partial charge in [-0.2, -0.15) is 0 Å². The van der Waals surface area contributed by atoms with Crippen molar-refractivity contribution in [3.63, 3.8) is 0 Å². The predicted octanol–water partition coefficient (Wildman–Crippen LogP) is -0.474. The van der Waals surface area contributed by atoms with Crippen LogP contribution in [-0.4, -0.2) is 47.5 Å². The molecule has 3 N–H and O–H groups in total. The van der Waals surface area contributed by atoms with Crippen LogP contribution >= 0.6 is 0 Å². The minimum absolute atomic E-state index is 0.0373. The Kier molecular flexibility index (Phi) is 5.24. The lowest BCUT2D eigenvalue weighted by Gasteiger charge is -2.05. The van der Waals surface area contributed by atoms with Crippen LogP contribution in [0, 0.1) is 0 Å². The maximum atomic E-state index is 11.5. The fourth-order valence-corrected chi connectivity index (χ4v) is 1.06. The molecule has 1 amide bonds. The van der Waals surface area contributed by atoms with Crippen molar-refractivity contribution in [2.75, 3.05) is 26.4 Å². The number of carbonyl (C=O) groups excluding carboxylic acids is 1. The number of nitrogens with zero attached hydrogens (tertiary/aromatic N) is 1. The van der Waals surface area contributed by atoms with Gasteiger partial charge in [-0.3, -0.25) is 9.78 Å². The summed E-state index contributed by atoms with van der Waals surface area (Å²) in [6.07, 6.45) is 2.62. The molecule has 0 saturated carbocycles. The van der Waals surface area contributed by atoms with E-state index in [-0.39, 0.29) is 24.9 Å². The summed E-state index contributed by atoms with van der Waals surface area (Å²) in [6.45, 7) is 0.890. The summed E-state index contributed by atoms with van der Waals surface area (Å²) < 4.78 is 4.96. The number of rotatable bonds is 6. The van der Waals surface area contributed by atoms with E-state index >= 15 is 0 Å². The van der Waals surface area contributed by atoms with Gasteiger partial charge in [-0.1, -0.05) is 0 Å². The van der Waals surface area contributed by atoms with Crippen LogP contribution in [0.4, 0.5) is 0 Å². The molecular formula is C10H14N2O4. The Balaban J connectivity index is 2.30. The molecule has 0 aliphatic rings. The van der Waals surface area contributed by atoms with Crippen LogP contribution in [0.15, 0.2) is 18.5 Å². The molecule has 6 nitrogen and oxygen atoms in total. The first-order valence-electron chi connectivity index (χ1n) is 4.85. The van der Waals surface area contributed by atoms with E-state index in [0.29, 0.717) is 18.7 Å². The normalized spacial score (nSPS) is 10.1. The average Bonchev–Trinajstić information content (AvgIpc) is 2.28. The highest BCUT2D eigenvalue weighted by atomic mass is 16.5. The van der Waals surface area contributed by atoms with E-state index in [0.717, 1.165) is 0 Å². The summed E-state index contributed by atoms with van der Waals surface area (Å²) in [4.78, 5) is 15.2. The quantitative estimate of drug-likeness (QED) is 0.570. The lowest BCUT2D eigenvalue weighted by molar-refractivity contribution is 0.0837. The summed E-state index contributed by atoms with van der Waals surface area (Å²) >= 11 is 0. The molecule has 6 heteroatoms. The molecule has 1 aromatic heterocycles. The van der Waals surface area contributed by atoms with Gasteiger partial charge in [-0.15, -0.1) is 0 Å². The van der Waals surface area contributed by atoms with Crippen molar-refractivity contribution in [2.24, 2.45) is 0 Å². The number of aromatic nitrogens is 1. The number of hydrogen-bond acceptors (Lipinski definition) is 5. The summed E-state index contributed by atoms with van der Waals surface area (Å²) in [5.74, 6) is -0.375. The molecule has 0 atom stereocenters. The SMILES string of the molecule is O=C(NCCOCCO)c1cncc(O)c1. The smallest absolute Gasteiger partial charge is 0.253 e. The van der Waals surface area contributed by atoms with Crippen LogP contribution in [-0.2, 0) is 4.74 Å². The van der Waals surface area contributed by atoms with E-state index in [9.17, 15) is 4.79 Å². The maximum absolute atomic E-state index is 11.5. The first-order valence-corrected chi connectivity index (χ1v) is 4.85. The van der Waals surface area contributed by atoms with E-state index in [1.807, 2.05) is 0 Å². The van der Waals surface area contributed by atoms with E-state index in [1.165, 1.54) is 18.5 Å². The van der Waals surface area contributed by atoms with Crippen molar-refractivity contribution in [2.45, 2.75) is 0 Å². The van der Waals surface area contributed by atoms with Crippen molar-refractivity contribution < 1.29 is 19.7 Å². The van der Waals surface area contributed by atoms with E-state index in [1.54, 1.807) is 0 Å². The number of aromatic hydroxyl groups is 1. The minimum Gasteiger partial charge on any atom is -0.506 e. The topological polar surface area (TPSA) is 91.7 Å². The second kappa shape index (κ2) is 6.76. The van der Waals surface area contributed by atoms with Crippen molar-refractivity contribution in [1.29, 1.82) is 0 Å². The Morgan fingerprint density at radius 1 is 1.44 bits per heavy atom. The second-order valence-corrected chi connectivity index (χ2v) is 3.02. The van der Waals surface area contributed by atoms with Gasteiger partial charge in [-0.05, 0) is 6.07 Å². The number of amides is 1. The Labute approximate surface area is 92.9 Å². The van der Waals surface area contributed by atoms with Gasteiger partial charge in [0.05, 0.1) is 31.6 Å². The Bertz CT molecular complexity index is 343. The van der Waals surface area contributed by atoms with Gasteiger partial charge in [0.2, 0.25) is 0 Å². The zero-order valence-corrected chi connectivity index (χ0v) is 8.72. The molecule has 1 rings (SSSR count). The zero-order valence-electron chi connectivity index (χ0n) is 8.72. The summed E-state index contributed by atoms with van der Waals surface area (Å²) in [5.41, 5.74) is 0.294. The molecule has 1 heterocycles. The Morgan fingerprint density at radius 3 is 2.94 bits per heavy atom. The molecule has 0 radical (unpaired) electrons. The van der Waals surface area contributed by atoms with Crippen molar-refractivity contribution in [3.05, 3.63) is 24.0 Å². The molecule has 0 aliphatic carbocycles. The molecule has 88 valence electrons. The molecule has 0 aliphatic heterocycles. The lowest BCUT2D eigenvalue weighted by Crippen LogP contribution is -2.27. The number of nitrogens with one attached hydrogen (secondary N) is 1. The largest absolute Gasteiger partial charge is 0.506 e. The van der Waals surface area contributed by atoms with Crippen LogP contribution in [0.5, 0.6) is 5.75 Å². The van der Waals surface area contributed by atoms with Crippen LogP contribution in [0.2, 0.25) is 0 Å². The second-order valence-electron chi connectivity index (χ2n) is 3.02. The van der Waals surface area contributed by atoms with Gasteiger partial charge in [0.1, 0.15) is 5.75 Å². The molecule has 0 fully saturated rings. The molecule has 0 saturated heterocycles. The highest BCUT2D eigenvalue weighted by Crippen LogP contribution is 2.07. The van der Waals surface area contributed by atoms with E-state index < -0.39 is 0 Å². The molecule has 0 spiro atoms.